The van der Waals surface area contributed by atoms with E-state index in [2.05, 4.69) is 33.9 Å². The van der Waals surface area contributed by atoms with Crippen LogP contribution >= 0.6 is 0 Å². The first-order valence-corrected chi connectivity index (χ1v) is 14.6. The number of carbonyl (C=O) groups is 1. The summed E-state index contributed by atoms with van der Waals surface area (Å²) in [4.78, 5) is 13.0. The van der Waals surface area contributed by atoms with Crippen LogP contribution in [0, 0.1) is 11.3 Å². The summed E-state index contributed by atoms with van der Waals surface area (Å²) in [7, 11) is -0.468. The first-order chi connectivity index (χ1) is 15.2. The zero-order valence-electron chi connectivity index (χ0n) is 21.4. The molecule has 33 heavy (non-hydrogen) atoms. The zero-order valence-corrected chi connectivity index (χ0v) is 22.4. The van der Waals surface area contributed by atoms with E-state index < -0.39 is 31.5 Å². The summed E-state index contributed by atoms with van der Waals surface area (Å²) in [6.07, 6.45) is 3.43. The molecule has 184 valence electrons. The van der Waals surface area contributed by atoms with Crippen molar-refractivity contribution in [3.8, 4) is 11.5 Å². The Hall–Kier alpha value is -1.67. The Labute approximate surface area is 199 Å². The molecule has 0 amide bonds. The van der Waals surface area contributed by atoms with Gasteiger partial charge < -0.3 is 23.7 Å². The van der Waals surface area contributed by atoms with Gasteiger partial charge in [-0.05, 0) is 50.5 Å². The molecular formula is C26H40O6Si. The molecule has 0 unspecified atom stereocenters. The minimum absolute atomic E-state index is 0.0372. The highest BCUT2D eigenvalue weighted by molar-refractivity contribution is 6.74. The molecule has 6 nitrogen and oxygen atoms in total. The summed E-state index contributed by atoms with van der Waals surface area (Å²) < 4.78 is 24.1. The lowest BCUT2D eigenvalue weighted by Crippen LogP contribution is -2.56. The molecule has 3 rings (SSSR count). The third-order valence-electron chi connectivity index (χ3n) is 7.44. The van der Waals surface area contributed by atoms with Gasteiger partial charge in [-0.2, -0.15) is 0 Å². The molecule has 1 heterocycles. The second kappa shape index (κ2) is 9.17. The second-order valence-corrected chi connectivity index (χ2v) is 16.1. The van der Waals surface area contributed by atoms with Crippen molar-refractivity contribution in [2.75, 3.05) is 20.3 Å². The van der Waals surface area contributed by atoms with E-state index >= 15 is 0 Å². The number of aliphatic hydroxyl groups is 1. The molecule has 7 heteroatoms. The van der Waals surface area contributed by atoms with Crippen LogP contribution in [0.25, 0.3) is 0 Å². The first kappa shape index (κ1) is 25.9. The molecule has 1 aromatic rings. The Morgan fingerprint density at radius 3 is 2.42 bits per heavy atom. The highest BCUT2D eigenvalue weighted by Crippen LogP contribution is 2.45. The second-order valence-electron chi connectivity index (χ2n) is 11.4. The maximum atomic E-state index is 13.0. The average Bonchev–Trinajstić information content (AvgIpc) is 2.69. The van der Waals surface area contributed by atoms with E-state index in [-0.39, 0.29) is 17.2 Å². The van der Waals surface area contributed by atoms with Gasteiger partial charge in [-0.1, -0.05) is 39.0 Å². The fourth-order valence-corrected chi connectivity index (χ4v) is 5.38. The quantitative estimate of drug-likeness (QED) is 0.589. The van der Waals surface area contributed by atoms with Gasteiger partial charge in [0.1, 0.15) is 5.75 Å². The van der Waals surface area contributed by atoms with Crippen LogP contribution in [0.4, 0.5) is 0 Å². The molecule has 1 fully saturated rings. The van der Waals surface area contributed by atoms with E-state index in [1.54, 1.807) is 13.2 Å². The number of para-hydroxylation sites is 1. The fourth-order valence-electron chi connectivity index (χ4n) is 4.36. The third kappa shape index (κ3) is 5.37. The van der Waals surface area contributed by atoms with E-state index in [0.717, 1.165) is 5.56 Å². The minimum Gasteiger partial charge on any atom is -0.541 e. The summed E-state index contributed by atoms with van der Waals surface area (Å²) >= 11 is 0. The molecule has 0 saturated carbocycles. The predicted molar refractivity (Wildman–Crippen MR) is 131 cm³/mol. The molecule has 0 radical (unpaired) electrons. The van der Waals surface area contributed by atoms with Crippen LogP contribution in [0.5, 0.6) is 11.5 Å². The molecule has 1 spiro atoms. The van der Waals surface area contributed by atoms with Crippen molar-refractivity contribution in [1.82, 2.24) is 0 Å². The number of benzene rings is 1. The molecule has 1 aliphatic heterocycles. The maximum absolute atomic E-state index is 13.0. The van der Waals surface area contributed by atoms with Gasteiger partial charge in [0.2, 0.25) is 0 Å². The van der Waals surface area contributed by atoms with Gasteiger partial charge in [0, 0.05) is 17.4 Å². The Morgan fingerprint density at radius 2 is 1.85 bits per heavy atom. The van der Waals surface area contributed by atoms with E-state index in [1.807, 2.05) is 38.1 Å². The van der Waals surface area contributed by atoms with Crippen molar-refractivity contribution in [1.29, 1.82) is 0 Å². The first-order valence-electron chi connectivity index (χ1n) is 11.7. The Bertz CT molecular complexity index is 889. The lowest BCUT2D eigenvalue weighted by atomic mass is 9.65. The van der Waals surface area contributed by atoms with Crippen molar-refractivity contribution in [2.45, 2.75) is 77.5 Å². The number of hydrogen-bond donors (Lipinski definition) is 1. The van der Waals surface area contributed by atoms with E-state index in [4.69, 9.17) is 18.6 Å². The number of ketones is 1. The summed E-state index contributed by atoms with van der Waals surface area (Å²) in [6.45, 7) is 15.4. The fraction of sp³-hybridized carbons (Fsp3) is 0.654. The van der Waals surface area contributed by atoms with Crippen LogP contribution in [-0.2, 0) is 20.7 Å². The number of carbonyl (C=O) groups excluding carboxylic acids is 1. The van der Waals surface area contributed by atoms with Gasteiger partial charge in [-0.25, -0.2) is 0 Å². The van der Waals surface area contributed by atoms with Crippen molar-refractivity contribution in [3.63, 3.8) is 0 Å². The number of ether oxygens (including phenoxy) is 3. The number of methoxy groups -OCH3 is 1. The third-order valence-corrected chi connectivity index (χ3v) is 11.8. The molecule has 1 saturated heterocycles. The monoisotopic (exact) mass is 476 g/mol. The largest absolute Gasteiger partial charge is 0.541 e. The van der Waals surface area contributed by atoms with Crippen LogP contribution < -0.4 is 9.16 Å². The standard InChI is InChI=1S/C26H40O6Si/c1-24(2,3)33(7,8)32-21-13-9-11-18(23(21)29-6)15-20(28)22-19(27)12-10-14-26(22)16-30-25(4,5)31-17-26/h9-13,20,22,28H,14-17H2,1-8H3/t20-,22-/m1/s1. The van der Waals surface area contributed by atoms with Gasteiger partial charge in [0.15, 0.2) is 17.3 Å². The Kier molecular flexibility index (Phi) is 7.21. The lowest BCUT2D eigenvalue weighted by molar-refractivity contribution is -0.296. The van der Waals surface area contributed by atoms with Crippen molar-refractivity contribution < 1.29 is 28.5 Å². The van der Waals surface area contributed by atoms with Crippen molar-refractivity contribution >= 4 is 14.1 Å². The average molecular weight is 477 g/mol. The van der Waals surface area contributed by atoms with Gasteiger partial charge in [-0.3, -0.25) is 4.79 Å². The lowest BCUT2D eigenvalue weighted by Gasteiger charge is -2.49. The highest BCUT2D eigenvalue weighted by atomic mass is 28.4. The smallest absolute Gasteiger partial charge is 0.250 e. The number of aliphatic hydroxyl groups excluding tert-OH is 1. The van der Waals surface area contributed by atoms with Gasteiger partial charge in [0.05, 0.1) is 32.3 Å². The van der Waals surface area contributed by atoms with Crippen LogP contribution in [0.2, 0.25) is 18.1 Å². The number of allylic oxidation sites excluding steroid dienone is 2. The summed E-state index contributed by atoms with van der Waals surface area (Å²) in [5.41, 5.74) is 0.236. The van der Waals surface area contributed by atoms with Gasteiger partial charge in [-0.15, -0.1) is 0 Å². The molecule has 2 atom stereocenters. The van der Waals surface area contributed by atoms with E-state index in [0.29, 0.717) is 31.1 Å². The summed E-state index contributed by atoms with van der Waals surface area (Å²) in [5.74, 6) is -0.0959. The van der Waals surface area contributed by atoms with Gasteiger partial charge in [0.25, 0.3) is 8.32 Å². The molecule has 1 aromatic carbocycles. The van der Waals surface area contributed by atoms with E-state index in [1.165, 1.54) is 0 Å². The van der Waals surface area contributed by atoms with Crippen LogP contribution in [0.15, 0.2) is 30.4 Å². The normalized spacial score (nSPS) is 23.4. The molecule has 0 aromatic heterocycles. The van der Waals surface area contributed by atoms with Crippen LogP contribution in [0.1, 0.15) is 46.6 Å². The van der Waals surface area contributed by atoms with E-state index in [9.17, 15) is 9.90 Å². The topological polar surface area (TPSA) is 74.2 Å². The maximum Gasteiger partial charge on any atom is 0.250 e. The zero-order chi connectivity index (χ0) is 24.7. The SMILES string of the molecule is COc1c(C[C@@H](O)[C@H]2C(=O)C=CCC23COC(C)(C)OC3)cccc1O[Si](C)(C)C(C)(C)C. The molecule has 1 N–H and O–H groups in total. The Morgan fingerprint density at radius 1 is 1.21 bits per heavy atom. The molecule has 0 bridgehead atoms. The van der Waals surface area contributed by atoms with Crippen LogP contribution in [-0.4, -0.2) is 51.4 Å². The van der Waals surface area contributed by atoms with Crippen molar-refractivity contribution in [3.05, 3.63) is 35.9 Å². The Balaban J connectivity index is 1.88. The minimum atomic E-state index is -2.08. The number of rotatable bonds is 6. The predicted octanol–water partition coefficient (Wildman–Crippen LogP) is 4.90. The molecule has 2 aliphatic rings. The van der Waals surface area contributed by atoms with Crippen LogP contribution in [0.3, 0.4) is 0 Å². The van der Waals surface area contributed by atoms with Gasteiger partial charge >= 0.3 is 0 Å². The molecular weight excluding hydrogens is 436 g/mol. The molecule has 1 aliphatic carbocycles. The summed E-state index contributed by atoms with van der Waals surface area (Å²) in [5, 5.41) is 11.4. The number of hydrogen-bond acceptors (Lipinski definition) is 6. The van der Waals surface area contributed by atoms with Crippen molar-refractivity contribution in [2.24, 2.45) is 11.3 Å². The summed E-state index contributed by atoms with van der Waals surface area (Å²) in [6, 6.07) is 5.75. The highest BCUT2D eigenvalue weighted by Gasteiger charge is 2.51.